The molecule has 0 amide bonds. The van der Waals surface area contributed by atoms with E-state index in [0.717, 1.165) is 11.8 Å². The van der Waals surface area contributed by atoms with Gasteiger partial charge >= 0.3 is 0 Å². The van der Waals surface area contributed by atoms with E-state index in [9.17, 15) is 0 Å². The Morgan fingerprint density at radius 1 is 1.31 bits per heavy atom. The Morgan fingerprint density at radius 3 is 2.54 bits per heavy atom. The second-order valence-corrected chi connectivity index (χ2v) is 5.74. The van der Waals surface area contributed by atoms with E-state index < -0.39 is 0 Å². The van der Waals surface area contributed by atoms with E-state index in [1.54, 1.807) is 0 Å². The van der Waals surface area contributed by atoms with Gasteiger partial charge < -0.3 is 0 Å². The third-order valence-corrected chi connectivity index (χ3v) is 3.61. The lowest BCUT2D eigenvalue weighted by Gasteiger charge is -2.41. The SMILES string of the molecule is C=C1C[C@@H]2C[C@H]1CN(C(C)(C)C)C2. The van der Waals surface area contributed by atoms with Gasteiger partial charge in [0.05, 0.1) is 0 Å². The second-order valence-electron chi connectivity index (χ2n) is 5.74. The summed E-state index contributed by atoms with van der Waals surface area (Å²) in [6.07, 6.45) is 2.70. The Kier molecular flexibility index (Phi) is 2.03. The van der Waals surface area contributed by atoms with Crippen LogP contribution in [0.4, 0.5) is 0 Å². The van der Waals surface area contributed by atoms with Crippen molar-refractivity contribution < 1.29 is 0 Å². The molecule has 0 unspecified atom stereocenters. The van der Waals surface area contributed by atoms with Gasteiger partial charge in [-0.05, 0) is 45.4 Å². The zero-order valence-corrected chi connectivity index (χ0v) is 9.14. The van der Waals surface area contributed by atoms with Crippen molar-refractivity contribution in [3.05, 3.63) is 12.2 Å². The van der Waals surface area contributed by atoms with Gasteiger partial charge in [0.2, 0.25) is 0 Å². The Hall–Kier alpha value is -0.300. The normalized spacial score (nSPS) is 35.5. The first-order chi connectivity index (χ1) is 5.97. The lowest BCUT2D eigenvalue weighted by Crippen LogP contribution is -2.48. The molecule has 2 bridgehead atoms. The summed E-state index contributed by atoms with van der Waals surface area (Å²) in [7, 11) is 0. The third-order valence-electron chi connectivity index (χ3n) is 3.61. The Morgan fingerprint density at radius 2 is 2.00 bits per heavy atom. The summed E-state index contributed by atoms with van der Waals surface area (Å²) in [5, 5.41) is 0. The fraction of sp³-hybridized carbons (Fsp3) is 0.833. The molecule has 1 heteroatoms. The van der Waals surface area contributed by atoms with Crippen molar-refractivity contribution >= 4 is 0 Å². The molecule has 0 radical (unpaired) electrons. The molecule has 0 spiro atoms. The maximum atomic E-state index is 4.19. The van der Waals surface area contributed by atoms with E-state index in [0.29, 0.717) is 5.54 Å². The average Bonchev–Trinajstić information content (AvgIpc) is 2.24. The summed E-state index contributed by atoms with van der Waals surface area (Å²) >= 11 is 0. The fourth-order valence-corrected chi connectivity index (χ4v) is 2.73. The highest BCUT2D eigenvalue weighted by Gasteiger charge is 2.38. The monoisotopic (exact) mass is 179 g/mol. The van der Waals surface area contributed by atoms with Crippen LogP contribution in [0.1, 0.15) is 33.6 Å². The lowest BCUT2D eigenvalue weighted by molar-refractivity contribution is 0.0765. The topological polar surface area (TPSA) is 3.24 Å². The summed E-state index contributed by atoms with van der Waals surface area (Å²) in [4.78, 5) is 2.63. The van der Waals surface area contributed by atoms with Crippen LogP contribution in [0.25, 0.3) is 0 Å². The summed E-state index contributed by atoms with van der Waals surface area (Å²) in [5.41, 5.74) is 1.86. The minimum Gasteiger partial charge on any atom is -0.298 e. The molecular formula is C12H21N. The molecule has 2 rings (SSSR count). The molecule has 0 aromatic rings. The van der Waals surface area contributed by atoms with E-state index in [2.05, 4.69) is 32.3 Å². The van der Waals surface area contributed by atoms with Gasteiger partial charge in [0, 0.05) is 18.6 Å². The third kappa shape index (κ3) is 1.67. The van der Waals surface area contributed by atoms with Crippen molar-refractivity contribution in [3.63, 3.8) is 0 Å². The summed E-state index contributed by atoms with van der Waals surface area (Å²) in [5.74, 6) is 1.71. The van der Waals surface area contributed by atoms with Crippen LogP contribution < -0.4 is 0 Å². The predicted octanol–water partition coefficient (Wildman–Crippen LogP) is 2.68. The molecule has 1 aliphatic carbocycles. The van der Waals surface area contributed by atoms with Crippen molar-refractivity contribution in [2.24, 2.45) is 11.8 Å². The van der Waals surface area contributed by atoms with Gasteiger partial charge in [0.25, 0.3) is 0 Å². The molecule has 2 atom stereocenters. The van der Waals surface area contributed by atoms with E-state index in [1.807, 2.05) is 0 Å². The van der Waals surface area contributed by atoms with Crippen LogP contribution in [0.15, 0.2) is 12.2 Å². The van der Waals surface area contributed by atoms with E-state index >= 15 is 0 Å². The van der Waals surface area contributed by atoms with Crippen LogP contribution in [0.3, 0.4) is 0 Å². The summed E-state index contributed by atoms with van der Waals surface area (Å²) in [6, 6.07) is 0. The zero-order chi connectivity index (χ0) is 9.64. The number of fused-ring (bicyclic) bond motifs is 2. The number of rotatable bonds is 0. The van der Waals surface area contributed by atoms with E-state index in [-0.39, 0.29) is 0 Å². The van der Waals surface area contributed by atoms with Crippen LogP contribution >= 0.6 is 0 Å². The molecule has 2 fully saturated rings. The number of hydrogen-bond donors (Lipinski definition) is 0. The maximum Gasteiger partial charge on any atom is 0.0125 e. The molecule has 1 heterocycles. The number of likely N-dealkylation sites (tertiary alicyclic amines) is 1. The van der Waals surface area contributed by atoms with E-state index in [4.69, 9.17) is 0 Å². The van der Waals surface area contributed by atoms with Crippen LogP contribution in [0.2, 0.25) is 0 Å². The first-order valence-corrected chi connectivity index (χ1v) is 5.39. The average molecular weight is 179 g/mol. The highest BCUT2D eigenvalue weighted by Crippen LogP contribution is 2.41. The molecule has 0 aromatic carbocycles. The van der Waals surface area contributed by atoms with Crippen LogP contribution in [0, 0.1) is 11.8 Å². The molecule has 13 heavy (non-hydrogen) atoms. The highest BCUT2D eigenvalue weighted by atomic mass is 15.2. The van der Waals surface area contributed by atoms with Crippen molar-refractivity contribution in [1.82, 2.24) is 4.90 Å². The van der Waals surface area contributed by atoms with Gasteiger partial charge in [-0.25, -0.2) is 0 Å². The summed E-state index contributed by atoms with van der Waals surface area (Å²) in [6.45, 7) is 13.7. The number of nitrogens with zero attached hydrogens (tertiary/aromatic N) is 1. The predicted molar refractivity (Wildman–Crippen MR) is 56.7 cm³/mol. The molecule has 0 N–H and O–H groups in total. The maximum absolute atomic E-state index is 4.19. The van der Waals surface area contributed by atoms with Gasteiger partial charge in [-0.3, -0.25) is 4.90 Å². The van der Waals surface area contributed by atoms with Gasteiger partial charge in [0.1, 0.15) is 0 Å². The van der Waals surface area contributed by atoms with Gasteiger partial charge in [-0.2, -0.15) is 0 Å². The minimum absolute atomic E-state index is 0.349. The molecule has 0 aromatic heterocycles. The van der Waals surface area contributed by atoms with Crippen LogP contribution in [-0.2, 0) is 0 Å². The Labute approximate surface area is 81.8 Å². The molecule has 2 aliphatic rings. The second kappa shape index (κ2) is 2.84. The van der Waals surface area contributed by atoms with Crippen molar-refractivity contribution in [2.75, 3.05) is 13.1 Å². The first kappa shape index (κ1) is 9.26. The minimum atomic E-state index is 0.349. The number of hydrogen-bond acceptors (Lipinski definition) is 1. The van der Waals surface area contributed by atoms with Gasteiger partial charge in [-0.15, -0.1) is 0 Å². The van der Waals surface area contributed by atoms with Crippen LogP contribution in [-0.4, -0.2) is 23.5 Å². The summed E-state index contributed by atoms with van der Waals surface area (Å²) < 4.78 is 0. The van der Waals surface area contributed by atoms with Gasteiger partial charge in [0.15, 0.2) is 0 Å². The standard InChI is InChI=1S/C12H21N/c1-9-5-10-6-11(9)8-13(7-10)12(2,3)4/h10-11H,1,5-8H2,2-4H3/t10-,11+/m1/s1. The fourth-order valence-electron chi connectivity index (χ4n) is 2.73. The lowest BCUT2D eigenvalue weighted by atomic mass is 9.93. The quantitative estimate of drug-likeness (QED) is 0.517. The molecule has 1 nitrogen and oxygen atoms in total. The molecule has 74 valence electrons. The van der Waals surface area contributed by atoms with Gasteiger partial charge in [-0.1, -0.05) is 12.2 Å². The largest absolute Gasteiger partial charge is 0.298 e. The van der Waals surface area contributed by atoms with Crippen molar-refractivity contribution in [3.8, 4) is 0 Å². The molecular weight excluding hydrogens is 158 g/mol. The zero-order valence-electron chi connectivity index (χ0n) is 9.14. The smallest absolute Gasteiger partial charge is 0.0125 e. The van der Waals surface area contributed by atoms with Crippen molar-refractivity contribution in [1.29, 1.82) is 0 Å². The van der Waals surface area contributed by atoms with Crippen LogP contribution in [0.5, 0.6) is 0 Å². The number of piperidine rings is 1. The molecule has 1 saturated carbocycles. The van der Waals surface area contributed by atoms with E-state index in [1.165, 1.54) is 31.5 Å². The molecule has 1 saturated heterocycles. The molecule has 1 aliphatic heterocycles. The first-order valence-electron chi connectivity index (χ1n) is 5.39. The van der Waals surface area contributed by atoms with Crippen molar-refractivity contribution in [2.45, 2.75) is 39.2 Å². The Bertz CT molecular complexity index is 224. The highest BCUT2D eigenvalue weighted by molar-refractivity contribution is 5.13. The Balaban J connectivity index is 2.10.